The van der Waals surface area contributed by atoms with Gasteiger partial charge in [0, 0.05) is 12.6 Å². The number of rotatable bonds is 0. The zero-order valence-electron chi connectivity index (χ0n) is 5.84. The maximum absolute atomic E-state index is 5.52. The lowest BCUT2D eigenvalue weighted by atomic mass is 10.1. The van der Waals surface area contributed by atoms with E-state index in [9.17, 15) is 0 Å². The third-order valence-corrected chi connectivity index (χ3v) is 2.24. The first-order valence-electron chi connectivity index (χ1n) is 3.79. The van der Waals surface area contributed by atoms with E-state index in [1.807, 2.05) is 0 Å². The van der Waals surface area contributed by atoms with Crippen LogP contribution in [0.5, 0.6) is 0 Å². The van der Waals surface area contributed by atoms with Gasteiger partial charge in [-0.15, -0.1) is 0 Å². The van der Waals surface area contributed by atoms with E-state index < -0.39 is 0 Å². The average Bonchev–Trinajstić information content (AvgIpc) is 2.22. The van der Waals surface area contributed by atoms with E-state index in [-0.39, 0.29) is 0 Å². The third-order valence-electron chi connectivity index (χ3n) is 2.24. The number of hydrogen-bond donors (Lipinski definition) is 0. The Morgan fingerprint density at radius 1 is 1.56 bits per heavy atom. The summed E-state index contributed by atoms with van der Waals surface area (Å²) >= 11 is 0. The molecule has 0 unspecified atom stereocenters. The van der Waals surface area contributed by atoms with Crippen molar-refractivity contribution < 1.29 is 4.84 Å². The number of nitrogens with zero attached hydrogens (tertiary/aromatic N) is 1. The van der Waals surface area contributed by atoms with Gasteiger partial charge in [-0.05, 0) is 26.2 Å². The fraction of sp³-hybridized carbons (Fsp3) is 1.00. The molecule has 0 aliphatic carbocycles. The van der Waals surface area contributed by atoms with Gasteiger partial charge in [0.25, 0.3) is 0 Å². The standard InChI is InChI=1S/C7H13NO/c1-6-5-7-3-2-4-8(7)9-6/h6-7H,2-5H2,1H3/t6-,7-/m1/s1. The van der Waals surface area contributed by atoms with E-state index in [1.54, 1.807) is 0 Å². The van der Waals surface area contributed by atoms with Crippen LogP contribution >= 0.6 is 0 Å². The molecule has 2 aliphatic heterocycles. The predicted molar refractivity (Wildman–Crippen MR) is 34.9 cm³/mol. The highest BCUT2D eigenvalue weighted by Crippen LogP contribution is 2.29. The Hall–Kier alpha value is -0.0800. The molecule has 2 fully saturated rings. The summed E-state index contributed by atoms with van der Waals surface area (Å²) in [5.74, 6) is 0. The first kappa shape index (κ1) is 5.69. The van der Waals surface area contributed by atoms with Crippen molar-refractivity contribution in [3.63, 3.8) is 0 Å². The van der Waals surface area contributed by atoms with Crippen molar-refractivity contribution >= 4 is 0 Å². The highest BCUT2D eigenvalue weighted by Gasteiger charge is 2.34. The summed E-state index contributed by atoms with van der Waals surface area (Å²) in [6, 6.07) is 0.764. The monoisotopic (exact) mass is 127 g/mol. The van der Waals surface area contributed by atoms with E-state index in [1.165, 1.54) is 19.3 Å². The van der Waals surface area contributed by atoms with Crippen LogP contribution in [0.3, 0.4) is 0 Å². The molecule has 9 heavy (non-hydrogen) atoms. The van der Waals surface area contributed by atoms with Crippen molar-refractivity contribution in [1.82, 2.24) is 5.06 Å². The molecule has 2 saturated heterocycles. The van der Waals surface area contributed by atoms with Crippen molar-refractivity contribution in [2.45, 2.75) is 38.3 Å². The van der Waals surface area contributed by atoms with Crippen molar-refractivity contribution in [2.75, 3.05) is 6.54 Å². The number of hydroxylamine groups is 2. The molecule has 0 aromatic rings. The summed E-state index contributed by atoms with van der Waals surface area (Å²) in [4.78, 5) is 5.52. The summed E-state index contributed by atoms with van der Waals surface area (Å²) in [5.41, 5.74) is 0. The average molecular weight is 127 g/mol. The van der Waals surface area contributed by atoms with Crippen LogP contribution in [0.15, 0.2) is 0 Å². The molecule has 0 bridgehead atoms. The molecule has 0 saturated carbocycles. The molecular formula is C7H13NO. The Labute approximate surface area is 55.7 Å². The Bertz CT molecular complexity index is 103. The Balaban J connectivity index is 2.02. The van der Waals surface area contributed by atoms with Crippen LogP contribution in [0.1, 0.15) is 26.2 Å². The maximum atomic E-state index is 5.52. The zero-order chi connectivity index (χ0) is 6.27. The van der Waals surface area contributed by atoms with E-state index >= 15 is 0 Å². The lowest BCUT2D eigenvalue weighted by Crippen LogP contribution is -2.20. The van der Waals surface area contributed by atoms with Crippen molar-refractivity contribution in [3.05, 3.63) is 0 Å². The fourth-order valence-corrected chi connectivity index (χ4v) is 1.84. The summed E-state index contributed by atoms with van der Waals surface area (Å²) in [6.45, 7) is 3.31. The van der Waals surface area contributed by atoms with Gasteiger partial charge in [0.05, 0.1) is 6.10 Å². The van der Waals surface area contributed by atoms with E-state index in [0.717, 1.165) is 12.6 Å². The van der Waals surface area contributed by atoms with Gasteiger partial charge in [-0.3, -0.25) is 4.84 Å². The second kappa shape index (κ2) is 1.96. The second-order valence-corrected chi connectivity index (χ2v) is 3.09. The van der Waals surface area contributed by atoms with Crippen LogP contribution in [0.2, 0.25) is 0 Å². The Morgan fingerprint density at radius 2 is 2.44 bits per heavy atom. The highest BCUT2D eigenvalue weighted by atomic mass is 16.7. The SMILES string of the molecule is C[C@@H]1C[C@H]2CCCN2O1. The molecule has 0 aromatic carbocycles. The van der Waals surface area contributed by atoms with Crippen LogP contribution in [0.4, 0.5) is 0 Å². The van der Waals surface area contributed by atoms with Crippen molar-refractivity contribution in [3.8, 4) is 0 Å². The summed E-state index contributed by atoms with van der Waals surface area (Å²) in [7, 11) is 0. The first-order valence-corrected chi connectivity index (χ1v) is 3.79. The van der Waals surface area contributed by atoms with Gasteiger partial charge in [-0.2, -0.15) is 5.06 Å². The molecule has 0 spiro atoms. The molecule has 52 valence electrons. The molecule has 2 heterocycles. The highest BCUT2D eigenvalue weighted by molar-refractivity contribution is 4.80. The molecular weight excluding hydrogens is 114 g/mol. The first-order chi connectivity index (χ1) is 4.36. The topological polar surface area (TPSA) is 12.5 Å². The van der Waals surface area contributed by atoms with Gasteiger partial charge < -0.3 is 0 Å². The normalized spacial score (nSPS) is 43.7. The lowest BCUT2D eigenvalue weighted by Gasteiger charge is -2.11. The van der Waals surface area contributed by atoms with Crippen LogP contribution in [-0.4, -0.2) is 23.8 Å². The fourth-order valence-electron chi connectivity index (χ4n) is 1.84. The van der Waals surface area contributed by atoms with Crippen LogP contribution in [-0.2, 0) is 4.84 Å². The lowest BCUT2D eigenvalue weighted by molar-refractivity contribution is -0.142. The minimum atomic E-state index is 0.482. The number of hydrogen-bond acceptors (Lipinski definition) is 2. The molecule has 2 rings (SSSR count). The van der Waals surface area contributed by atoms with Crippen LogP contribution in [0.25, 0.3) is 0 Å². The van der Waals surface area contributed by atoms with E-state index in [4.69, 9.17) is 4.84 Å². The molecule has 2 atom stereocenters. The Morgan fingerprint density at radius 3 is 3.22 bits per heavy atom. The van der Waals surface area contributed by atoms with Gasteiger partial charge in [0.15, 0.2) is 0 Å². The molecule has 2 nitrogen and oxygen atoms in total. The minimum absolute atomic E-state index is 0.482. The summed E-state index contributed by atoms with van der Waals surface area (Å²) < 4.78 is 0. The van der Waals surface area contributed by atoms with Crippen molar-refractivity contribution in [2.24, 2.45) is 0 Å². The smallest absolute Gasteiger partial charge is 0.0781 e. The Kier molecular flexibility index (Phi) is 1.24. The molecule has 0 aromatic heterocycles. The van der Waals surface area contributed by atoms with Gasteiger partial charge in [-0.1, -0.05) is 0 Å². The van der Waals surface area contributed by atoms with Gasteiger partial charge in [0.1, 0.15) is 0 Å². The van der Waals surface area contributed by atoms with E-state index in [0.29, 0.717) is 6.10 Å². The van der Waals surface area contributed by atoms with Crippen LogP contribution in [0, 0.1) is 0 Å². The van der Waals surface area contributed by atoms with Crippen LogP contribution < -0.4 is 0 Å². The van der Waals surface area contributed by atoms with Gasteiger partial charge in [-0.25, -0.2) is 0 Å². The molecule has 2 aliphatic rings. The molecule has 0 amide bonds. The van der Waals surface area contributed by atoms with Gasteiger partial charge >= 0.3 is 0 Å². The molecule has 0 radical (unpaired) electrons. The molecule has 2 heteroatoms. The van der Waals surface area contributed by atoms with Gasteiger partial charge in [0.2, 0.25) is 0 Å². The summed E-state index contributed by atoms with van der Waals surface area (Å²) in [5, 5.41) is 2.16. The van der Waals surface area contributed by atoms with E-state index in [2.05, 4.69) is 12.0 Å². The summed E-state index contributed by atoms with van der Waals surface area (Å²) in [6.07, 6.45) is 4.41. The van der Waals surface area contributed by atoms with Crippen molar-refractivity contribution in [1.29, 1.82) is 0 Å². The largest absolute Gasteiger partial charge is 0.296 e. The minimum Gasteiger partial charge on any atom is -0.296 e. The zero-order valence-corrected chi connectivity index (χ0v) is 5.84. The second-order valence-electron chi connectivity index (χ2n) is 3.09. The third kappa shape index (κ3) is 0.864. The maximum Gasteiger partial charge on any atom is 0.0781 e. The quantitative estimate of drug-likeness (QED) is 0.484. The molecule has 0 N–H and O–H groups in total. The predicted octanol–water partition coefficient (Wildman–Crippen LogP) is 1.17. The number of fused-ring (bicyclic) bond motifs is 1.